The van der Waals surface area contributed by atoms with Gasteiger partial charge in [-0.3, -0.25) is 0 Å². The Balaban J connectivity index is 2.14. The summed E-state index contributed by atoms with van der Waals surface area (Å²) in [4.78, 5) is 0. The highest BCUT2D eigenvalue weighted by Gasteiger charge is 2.73. The van der Waals surface area contributed by atoms with Gasteiger partial charge in [0.2, 0.25) is 0 Å². The molecule has 4 unspecified atom stereocenters. The number of hydrogen-bond donors (Lipinski definition) is 1. The minimum Gasteiger partial charge on any atom is -0.396 e. The molecular weight excluding hydrogens is 148 g/mol. The van der Waals surface area contributed by atoms with Gasteiger partial charge in [-0.05, 0) is 35.0 Å². The molecule has 2 rings (SSSR count). The molecule has 1 N–H and O–H groups in total. The smallest absolute Gasteiger partial charge is 0.0470 e. The lowest BCUT2D eigenvalue weighted by Gasteiger charge is -2.13. The average molecular weight is 168 g/mol. The van der Waals surface area contributed by atoms with Crippen molar-refractivity contribution in [2.24, 2.45) is 28.6 Å². The maximum Gasteiger partial charge on any atom is 0.0470 e. The van der Waals surface area contributed by atoms with E-state index in [1.165, 1.54) is 6.42 Å². The molecule has 1 heteroatoms. The molecule has 0 heterocycles. The van der Waals surface area contributed by atoms with Crippen LogP contribution in [0.5, 0.6) is 0 Å². The van der Waals surface area contributed by atoms with Crippen molar-refractivity contribution in [3.63, 3.8) is 0 Å². The number of aliphatic hydroxyl groups is 1. The summed E-state index contributed by atoms with van der Waals surface area (Å²) in [7, 11) is 0. The maximum absolute atomic E-state index is 9.24. The van der Waals surface area contributed by atoms with Crippen molar-refractivity contribution < 1.29 is 5.11 Å². The third-order valence-corrected chi connectivity index (χ3v) is 4.96. The van der Waals surface area contributed by atoms with Gasteiger partial charge in [0.15, 0.2) is 0 Å². The van der Waals surface area contributed by atoms with Crippen molar-refractivity contribution in [3.8, 4) is 0 Å². The zero-order valence-corrected chi connectivity index (χ0v) is 8.59. The maximum atomic E-state index is 9.24. The second kappa shape index (κ2) is 2.06. The lowest BCUT2D eigenvalue weighted by molar-refractivity contribution is 0.242. The summed E-state index contributed by atoms with van der Waals surface area (Å²) < 4.78 is 0. The van der Waals surface area contributed by atoms with Gasteiger partial charge in [0, 0.05) is 6.61 Å². The third kappa shape index (κ3) is 0.736. The molecule has 2 aliphatic rings. The summed E-state index contributed by atoms with van der Waals surface area (Å²) in [5.41, 5.74) is 0.832. The molecule has 2 fully saturated rings. The minimum atomic E-state index is 0.382. The Morgan fingerprint density at radius 1 is 1.33 bits per heavy atom. The number of aliphatic hydroxyl groups excluding tert-OH is 1. The molecule has 0 amide bonds. The van der Waals surface area contributed by atoms with Crippen LogP contribution >= 0.6 is 0 Å². The van der Waals surface area contributed by atoms with Crippen LogP contribution in [0.2, 0.25) is 0 Å². The van der Waals surface area contributed by atoms with E-state index < -0.39 is 0 Å². The Morgan fingerprint density at radius 2 is 1.83 bits per heavy atom. The SMILES string of the molecule is CC1CC1C1(C)C(CO)C1(C)C. The molecular formula is C11H20O. The van der Waals surface area contributed by atoms with Gasteiger partial charge in [0.05, 0.1) is 0 Å². The van der Waals surface area contributed by atoms with Gasteiger partial charge in [-0.25, -0.2) is 0 Å². The first kappa shape index (κ1) is 8.55. The highest BCUT2D eigenvalue weighted by molar-refractivity contribution is 5.21. The molecule has 12 heavy (non-hydrogen) atoms. The molecule has 4 atom stereocenters. The Kier molecular flexibility index (Phi) is 1.47. The summed E-state index contributed by atoms with van der Waals surface area (Å²) in [6, 6.07) is 0. The summed E-state index contributed by atoms with van der Waals surface area (Å²) >= 11 is 0. The Labute approximate surface area is 75.2 Å². The summed E-state index contributed by atoms with van der Waals surface area (Å²) in [6.07, 6.45) is 1.39. The molecule has 0 aliphatic heterocycles. The fraction of sp³-hybridized carbons (Fsp3) is 1.00. The number of hydrogen-bond acceptors (Lipinski definition) is 1. The van der Waals surface area contributed by atoms with Crippen molar-refractivity contribution in [1.82, 2.24) is 0 Å². The molecule has 0 aromatic heterocycles. The molecule has 2 saturated carbocycles. The van der Waals surface area contributed by atoms with Crippen LogP contribution in [0.15, 0.2) is 0 Å². The van der Waals surface area contributed by atoms with Crippen molar-refractivity contribution in [2.45, 2.75) is 34.1 Å². The summed E-state index contributed by atoms with van der Waals surface area (Å²) in [5.74, 6) is 2.36. The van der Waals surface area contributed by atoms with Crippen LogP contribution < -0.4 is 0 Å². The summed E-state index contributed by atoms with van der Waals surface area (Å²) in [5, 5.41) is 9.24. The van der Waals surface area contributed by atoms with E-state index in [0.29, 0.717) is 23.4 Å². The first-order valence-corrected chi connectivity index (χ1v) is 5.07. The molecule has 70 valence electrons. The van der Waals surface area contributed by atoms with E-state index in [1.807, 2.05) is 0 Å². The molecule has 0 aromatic carbocycles. The lowest BCUT2D eigenvalue weighted by Crippen LogP contribution is -2.08. The third-order valence-electron chi connectivity index (χ3n) is 4.96. The van der Waals surface area contributed by atoms with Gasteiger partial charge < -0.3 is 5.11 Å². The predicted octanol–water partition coefficient (Wildman–Crippen LogP) is 2.30. The van der Waals surface area contributed by atoms with Crippen molar-refractivity contribution in [2.75, 3.05) is 6.61 Å². The van der Waals surface area contributed by atoms with Crippen molar-refractivity contribution in [1.29, 1.82) is 0 Å². The topological polar surface area (TPSA) is 20.2 Å². The van der Waals surface area contributed by atoms with Gasteiger partial charge in [-0.15, -0.1) is 0 Å². The van der Waals surface area contributed by atoms with E-state index in [4.69, 9.17) is 0 Å². The normalized spacial score (nSPS) is 55.2. The molecule has 0 bridgehead atoms. The van der Waals surface area contributed by atoms with Gasteiger partial charge in [-0.1, -0.05) is 27.7 Å². The monoisotopic (exact) mass is 168 g/mol. The van der Waals surface area contributed by atoms with Crippen LogP contribution in [-0.2, 0) is 0 Å². The quantitative estimate of drug-likeness (QED) is 0.670. The van der Waals surface area contributed by atoms with E-state index in [0.717, 1.165) is 11.8 Å². The standard InChI is InChI=1S/C11H20O/c1-7-5-8(7)11(4)9(6-12)10(11,2)3/h7-9,12H,5-6H2,1-4H3. The summed E-state index contributed by atoms with van der Waals surface area (Å²) in [6.45, 7) is 9.69. The first-order chi connectivity index (χ1) is 5.46. The molecule has 0 saturated heterocycles. The molecule has 0 radical (unpaired) electrons. The van der Waals surface area contributed by atoms with Crippen LogP contribution in [0.3, 0.4) is 0 Å². The average Bonchev–Trinajstić information content (AvgIpc) is 2.76. The van der Waals surface area contributed by atoms with Gasteiger partial charge in [0.25, 0.3) is 0 Å². The van der Waals surface area contributed by atoms with Gasteiger partial charge in [0.1, 0.15) is 0 Å². The van der Waals surface area contributed by atoms with Crippen LogP contribution in [0.4, 0.5) is 0 Å². The van der Waals surface area contributed by atoms with E-state index in [2.05, 4.69) is 27.7 Å². The molecule has 1 nitrogen and oxygen atoms in total. The van der Waals surface area contributed by atoms with E-state index in [9.17, 15) is 5.11 Å². The highest BCUT2D eigenvalue weighted by atomic mass is 16.3. The minimum absolute atomic E-state index is 0.382. The Hall–Kier alpha value is -0.0400. The first-order valence-electron chi connectivity index (χ1n) is 5.07. The van der Waals surface area contributed by atoms with Crippen molar-refractivity contribution >= 4 is 0 Å². The van der Waals surface area contributed by atoms with Crippen LogP contribution in [-0.4, -0.2) is 11.7 Å². The molecule has 0 spiro atoms. The zero-order valence-electron chi connectivity index (χ0n) is 8.59. The molecule has 2 aliphatic carbocycles. The van der Waals surface area contributed by atoms with Crippen LogP contribution in [0.1, 0.15) is 34.1 Å². The van der Waals surface area contributed by atoms with Gasteiger partial charge >= 0.3 is 0 Å². The van der Waals surface area contributed by atoms with Crippen molar-refractivity contribution in [3.05, 3.63) is 0 Å². The van der Waals surface area contributed by atoms with Crippen LogP contribution in [0.25, 0.3) is 0 Å². The Morgan fingerprint density at radius 3 is 2.08 bits per heavy atom. The second-order valence-corrected chi connectivity index (χ2v) is 5.56. The fourth-order valence-corrected chi connectivity index (χ4v) is 3.45. The highest BCUT2D eigenvalue weighted by Crippen LogP contribution is 2.77. The van der Waals surface area contributed by atoms with Gasteiger partial charge in [-0.2, -0.15) is 0 Å². The number of rotatable bonds is 2. The second-order valence-electron chi connectivity index (χ2n) is 5.56. The van der Waals surface area contributed by atoms with Crippen LogP contribution in [0, 0.1) is 28.6 Å². The molecule has 0 aromatic rings. The van der Waals surface area contributed by atoms with E-state index in [1.54, 1.807) is 0 Å². The lowest BCUT2D eigenvalue weighted by atomic mass is 9.91. The largest absolute Gasteiger partial charge is 0.396 e. The van der Waals surface area contributed by atoms with E-state index >= 15 is 0 Å². The zero-order chi connectivity index (χ0) is 9.15. The fourth-order valence-electron chi connectivity index (χ4n) is 3.45. The van der Waals surface area contributed by atoms with E-state index in [-0.39, 0.29) is 0 Å². The predicted molar refractivity (Wildman–Crippen MR) is 49.7 cm³/mol. The Bertz CT molecular complexity index is 209.